The number of piperazine rings is 1. The van der Waals surface area contributed by atoms with Gasteiger partial charge in [-0.2, -0.15) is 5.10 Å². The first-order valence-electron chi connectivity index (χ1n) is 11.1. The maximum atomic E-state index is 12.7. The Balaban J connectivity index is 1.28. The van der Waals surface area contributed by atoms with Gasteiger partial charge in [-0.15, -0.1) is 0 Å². The molecule has 0 unspecified atom stereocenters. The van der Waals surface area contributed by atoms with Gasteiger partial charge in [-0.3, -0.25) is 14.5 Å². The van der Waals surface area contributed by atoms with Crippen LogP contribution in [0.2, 0.25) is 0 Å². The molecule has 0 saturated carbocycles. The smallest absolute Gasteiger partial charge is 0.246 e. The SMILES string of the molecule is CN=C(NCc1cccc(COC2CCOCC2)c1)N1CCN(c2cnn(C)c2)C(=O)C1. The molecule has 3 heterocycles. The highest BCUT2D eigenvalue weighted by molar-refractivity contribution is 5.98. The van der Waals surface area contributed by atoms with E-state index in [0.29, 0.717) is 26.2 Å². The lowest BCUT2D eigenvalue weighted by molar-refractivity contribution is -0.120. The van der Waals surface area contributed by atoms with Gasteiger partial charge in [0.25, 0.3) is 0 Å². The molecule has 172 valence electrons. The second-order valence-electron chi connectivity index (χ2n) is 8.18. The van der Waals surface area contributed by atoms with Crippen molar-refractivity contribution in [2.45, 2.75) is 32.1 Å². The molecule has 2 saturated heterocycles. The van der Waals surface area contributed by atoms with Crippen LogP contribution in [0.15, 0.2) is 41.7 Å². The third kappa shape index (κ3) is 5.66. The number of carbonyl (C=O) groups is 1. The van der Waals surface area contributed by atoms with Gasteiger partial charge in [-0.25, -0.2) is 0 Å². The van der Waals surface area contributed by atoms with Crippen LogP contribution in [0.3, 0.4) is 0 Å². The van der Waals surface area contributed by atoms with Crippen molar-refractivity contribution in [2.24, 2.45) is 12.0 Å². The molecule has 1 aromatic carbocycles. The van der Waals surface area contributed by atoms with Gasteiger partial charge in [0.05, 0.1) is 24.6 Å². The van der Waals surface area contributed by atoms with E-state index in [0.717, 1.165) is 48.8 Å². The van der Waals surface area contributed by atoms with E-state index >= 15 is 0 Å². The zero-order valence-electron chi connectivity index (χ0n) is 18.9. The van der Waals surface area contributed by atoms with E-state index in [2.05, 4.69) is 39.7 Å². The Morgan fingerprint density at radius 1 is 1.28 bits per heavy atom. The fraction of sp³-hybridized carbons (Fsp3) is 0.522. The van der Waals surface area contributed by atoms with Crippen molar-refractivity contribution in [1.29, 1.82) is 0 Å². The predicted molar refractivity (Wildman–Crippen MR) is 122 cm³/mol. The third-order valence-corrected chi connectivity index (χ3v) is 5.83. The Kier molecular flexibility index (Phi) is 7.39. The Labute approximate surface area is 189 Å². The Bertz CT molecular complexity index is 937. The second kappa shape index (κ2) is 10.6. The lowest BCUT2D eigenvalue weighted by Gasteiger charge is -2.35. The summed E-state index contributed by atoms with van der Waals surface area (Å²) in [6, 6.07) is 8.39. The summed E-state index contributed by atoms with van der Waals surface area (Å²) in [6.07, 6.45) is 5.79. The number of benzene rings is 1. The number of guanidine groups is 1. The first-order valence-corrected chi connectivity index (χ1v) is 11.1. The zero-order chi connectivity index (χ0) is 22.3. The van der Waals surface area contributed by atoms with E-state index in [9.17, 15) is 4.79 Å². The highest BCUT2D eigenvalue weighted by Crippen LogP contribution is 2.17. The van der Waals surface area contributed by atoms with Crippen LogP contribution in [-0.2, 0) is 34.5 Å². The van der Waals surface area contributed by atoms with Crippen LogP contribution in [0.4, 0.5) is 5.69 Å². The first kappa shape index (κ1) is 22.3. The Hall–Kier alpha value is -2.91. The number of aromatic nitrogens is 2. The number of hydrogen-bond acceptors (Lipinski definition) is 5. The molecule has 2 fully saturated rings. The Morgan fingerprint density at radius 2 is 2.09 bits per heavy atom. The minimum atomic E-state index is 0.0412. The molecular weight excluding hydrogens is 408 g/mol. The number of rotatable bonds is 6. The van der Waals surface area contributed by atoms with Crippen LogP contribution in [0.1, 0.15) is 24.0 Å². The molecule has 0 atom stereocenters. The monoisotopic (exact) mass is 440 g/mol. The van der Waals surface area contributed by atoms with Crippen molar-refractivity contribution in [1.82, 2.24) is 20.0 Å². The number of amides is 1. The zero-order valence-corrected chi connectivity index (χ0v) is 18.9. The van der Waals surface area contributed by atoms with Gasteiger partial charge in [-0.1, -0.05) is 24.3 Å². The average Bonchev–Trinajstić information content (AvgIpc) is 3.25. The van der Waals surface area contributed by atoms with Gasteiger partial charge in [0.15, 0.2) is 5.96 Å². The standard InChI is InChI=1S/C23H32N6O3/c1-24-23(28-8-9-29(22(30)16-28)20-14-26-27(2)15-20)25-13-18-4-3-5-19(12-18)17-32-21-6-10-31-11-7-21/h3-5,12,14-15,21H,6-11,13,16-17H2,1-2H3,(H,24,25). The lowest BCUT2D eigenvalue weighted by Crippen LogP contribution is -2.55. The molecule has 2 aliphatic heterocycles. The molecule has 0 aliphatic carbocycles. The summed E-state index contributed by atoms with van der Waals surface area (Å²) >= 11 is 0. The maximum absolute atomic E-state index is 12.7. The van der Waals surface area contributed by atoms with E-state index in [1.165, 1.54) is 0 Å². The molecular formula is C23H32N6O3. The van der Waals surface area contributed by atoms with Gasteiger partial charge in [0.1, 0.15) is 6.54 Å². The summed E-state index contributed by atoms with van der Waals surface area (Å²) in [5.74, 6) is 0.771. The predicted octanol–water partition coefficient (Wildman–Crippen LogP) is 1.54. The molecule has 9 nitrogen and oxygen atoms in total. The van der Waals surface area contributed by atoms with Crippen molar-refractivity contribution in [3.63, 3.8) is 0 Å². The summed E-state index contributed by atoms with van der Waals surface area (Å²) in [4.78, 5) is 20.9. The molecule has 2 aliphatic rings. The third-order valence-electron chi connectivity index (χ3n) is 5.83. The maximum Gasteiger partial charge on any atom is 0.246 e. The number of aliphatic imine (C=N–C) groups is 1. The number of nitrogens with zero attached hydrogens (tertiary/aromatic N) is 5. The first-order chi connectivity index (χ1) is 15.6. The van der Waals surface area contributed by atoms with Crippen LogP contribution in [0.5, 0.6) is 0 Å². The number of ether oxygens (including phenoxy) is 2. The largest absolute Gasteiger partial charge is 0.381 e. The van der Waals surface area contributed by atoms with Crippen LogP contribution in [-0.4, -0.2) is 72.5 Å². The minimum Gasteiger partial charge on any atom is -0.381 e. The van der Waals surface area contributed by atoms with Crippen molar-refractivity contribution in [3.05, 3.63) is 47.8 Å². The summed E-state index contributed by atoms with van der Waals surface area (Å²) in [7, 11) is 3.60. The van der Waals surface area contributed by atoms with E-state index in [1.54, 1.807) is 22.8 Å². The molecule has 0 radical (unpaired) electrons. The normalized spacial score (nSPS) is 18.3. The van der Waals surface area contributed by atoms with Crippen molar-refractivity contribution in [2.75, 3.05) is 44.8 Å². The summed E-state index contributed by atoms with van der Waals surface area (Å²) in [5, 5.41) is 7.56. The fourth-order valence-corrected chi connectivity index (χ4v) is 4.07. The summed E-state index contributed by atoms with van der Waals surface area (Å²) < 4.78 is 13.1. The van der Waals surface area contributed by atoms with Gasteiger partial charge < -0.3 is 24.6 Å². The molecule has 32 heavy (non-hydrogen) atoms. The average molecular weight is 441 g/mol. The van der Waals surface area contributed by atoms with E-state index in [-0.39, 0.29) is 18.6 Å². The van der Waals surface area contributed by atoms with Gasteiger partial charge in [-0.05, 0) is 24.0 Å². The molecule has 1 N–H and O–H groups in total. The van der Waals surface area contributed by atoms with Gasteiger partial charge in [0.2, 0.25) is 5.91 Å². The molecule has 1 aromatic heterocycles. The highest BCUT2D eigenvalue weighted by Gasteiger charge is 2.27. The lowest BCUT2D eigenvalue weighted by atomic mass is 10.1. The number of carbonyl (C=O) groups excluding carboxylic acids is 1. The molecule has 0 bridgehead atoms. The fourth-order valence-electron chi connectivity index (χ4n) is 4.07. The molecule has 1 amide bonds. The summed E-state index contributed by atoms with van der Waals surface area (Å²) in [5.41, 5.74) is 3.14. The molecule has 9 heteroatoms. The number of nitrogens with one attached hydrogen (secondary N) is 1. The minimum absolute atomic E-state index is 0.0412. The van der Waals surface area contributed by atoms with Crippen LogP contribution >= 0.6 is 0 Å². The number of anilines is 1. The number of hydrogen-bond donors (Lipinski definition) is 1. The van der Waals surface area contributed by atoms with Crippen molar-refractivity contribution < 1.29 is 14.3 Å². The molecule has 0 spiro atoms. The highest BCUT2D eigenvalue weighted by atomic mass is 16.5. The van der Waals surface area contributed by atoms with Crippen molar-refractivity contribution >= 4 is 17.6 Å². The number of aryl methyl sites for hydroxylation is 1. The van der Waals surface area contributed by atoms with Crippen LogP contribution in [0, 0.1) is 0 Å². The van der Waals surface area contributed by atoms with Crippen LogP contribution in [0.25, 0.3) is 0 Å². The summed E-state index contributed by atoms with van der Waals surface area (Å²) in [6.45, 7) is 4.41. The van der Waals surface area contributed by atoms with Crippen LogP contribution < -0.4 is 10.2 Å². The Morgan fingerprint density at radius 3 is 2.81 bits per heavy atom. The van der Waals surface area contributed by atoms with Gasteiger partial charge >= 0.3 is 0 Å². The topological polar surface area (TPSA) is 84.2 Å². The second-order valence-corrected chi connectivity index (χ2v) is 8.18. The quantitative estimate of drug-likeness (QED) is 0.542. The van der Waals surface area contributed by atoms with E-state index in [1.807, 2.05) is 18.1 Å². The molecule has 2 aromatic rings. The molecule has 4 rings (SSSR count). The van der Waals surface area contributed by atoms with E-state index in [4.69, 9.17) is 9.47 Å². The van der Waals surface area contributed by atoms with Gasteiger partial charge in [0, 0.05) is 53.1 Å². The van der Waals surface area contributed by atoms with Crippen molar-refractivity contribution in [3.8, 4) is 0 Å². The van der Waals surface area contributed by atoms with E-state index < -0.39 is 0 Å².